The van der Waals surface area contributed by atoms with Gasteiger partial charge in [-0.15, -0.1) is 5.10 Å². The smallest absolute Gasteiger partial charge is 0.230 e. The van der Waals surface area contributed by atoms with E-state index in [2.05, 4.69) is 36.3 Å². The van der Waals surface area contributed by atoms with Gasteiger partial charge in [-0.05, 0) is 58.5 Å². The van der Waals surface area contributed by atoms with Gasteiger partial charge in [-0.25, -0.2) is 9.83 Å². The second-order valence-electron chi connectivity index (χ2n) is 9.45. The molecule has 1 aliphatic carbocycles. The van der Waals surface area contributed by atoms with E-state index in [-0.39, 0.29) is 24.0 Å². The molecular weight excluding hydrogens is 444 g/mol. The van der Waals surface area contributed by atoms with E-state index in [4.69, 9.17) is 11.3 Å². The van der Waals surface area contributed by atoms with Gasteiger partial charge >= 0.3 is 0 Å². The summed E-state index contributed by atoms with van der Waals surface area (Å²) in [6.45, 7) is 13.0. The number of hydrogen-bond acceptors (Lipinski definition) is 7. The largest absolute Gasteiger partial charge is 0.371 e. The average Bonchev–Trinajstić information content (AvgIpc) is 3.58. The summed E-state index contributed by atoms with van der Waals surface area (Å²) in [6, 6.07) is 8.02. The maximum Gasteiger partial charge on any atom is 0.230 e. The third kappa shape index (κ3) is 3.87. The molecule has 10 heteroatoms. The van der Waals surface area contributed by atoms with Crippen LogP contribution in [0.4, 0.5) is 5.69 Å². The Kier molecular flexibility index (Phi) is 5.51. The minimum absolute atomic E-state index is 0.0441. The zero-order valence-corrected chi connectivity index (χ0v) is 19.5. The number of aryl methyl sites for hydroxylation is 1. The van der Waals surface area contributed by atoms with Gasteiger partial charge in [-0.2, -0.15) is 4.68 Å². The van der Waals surface area contributed by atoms with Crippen LogP contribution < -0.4 is 0 Å². The number of fused-ring (bicyclic) bond motifs is 2. The van der Waals surface area contributed by atoms with Crippen molar-refractivity contribution in [2.75, 3.05) is 32.8 Å². The Balaban J connectivity index is 1.12. The van der Waals surface area contributed by atoms with Crippen LogP contribution in [0, 0.1) is 13.5 Å². The quantitative estimate of drug-likeness (QED) is 0.542. The molecular formula is C25H26N8O2. The standard InChI is InChI=1S/C25H26N8O2/c1-16-19(4-3-5-22(16)26-2)23-13-31-8-9-32(12-18(31)14-35-23)25(34)20-7-6-17-10-24(27-11-21(17)20)33-15-28-29-30-33/h3-5,10-11,15,18,20,23H,6-9,12-14H2,1H3/t18-,20?,23+/m1/s1. The lowest BCUT2D eigenvalue weighted by molar-refractivity contribution is -0.141. The number of benzene rings is 1. The fourth-order valence-corrected chi connectivity index (χ4v) is 5.63. The van der Waals surface area contributed by atoms with Gasteiger partial charge < -0.3 is 9.64 Å². The van der Waals surface area contributed by atoms with E-state index in [1.807, 2.05) is 36.2 Å². The monoisotopic (exact) mass is 470 g/mol. The molecule has 10 nitrogen and oxygen atoms in total. The number of hydrogen-bond donors (Lipinski definition) is 0. The highest BCUT2D eigenvalue weighted by Crippen LogP contribution is 2.36. The van der Waals surface area contributed by atoms with Gasteiger partial charge in [-0.3, -0.25) is 9.69 Å². The molecule has 4 heterocycles. The molecule has 3 atom stereocenters. The zero-order chi connectivity index (χ0) is 23.9. The van der Waals surface area contributed by atoms with E-state index >= 15 is 0 Å². The molecule has 35 heavy (non-hydrogen) atoms. The summed E-state index contributed by atoms with van der Waals surface area (Å²) in [6.07, 6.45) is 4.94. The van der Waals surface area contributed by atoms with Crippen LogP contribution in [0.2, 0.25) is 0 Å². The molecule has 0 N–H and O–H groups in total. The second kappa shape index (κ2) is 8.83. The Hall–Kier alpha value is -3.68. The number of piperazine rings is 1. The summed E-state index contributed by atoms with van der Waals surface area (Å²) in [5.74, 6) is 0.702. The summed E-state index contributed by atoms with van der Waals surface area (Å²) in [5.41, 5.74) is 4.93. The van der Waals surface area contributed by atoms with Gasteiger partial charge in [0.15, 0.2) is 11.5 Å². The molecule has 1 amide bonds. The number of aromatic nitrogens is 5. The fraction of sp³-hybridized carbons (Fsp3) is 0.440. The van der Waals surface area contributed by atoms with Crippen LogP contribution in [0.25, 0.3) is 10.7 Å². The number of pyridine rings is 1. The van der Waals surface area contributed by atoms with E-state index in [1.165, 1.54) is 11.0 Å². The zero-order valence-electron chi connectivity index (χ0n) is 19.5. The molecule has 0 saturated carbocycles. The maximum absolute atomic E-state index is 13.5. The SMILES string of the molecule is [C-]#[N+]c1cccc([C@@H]2CN3CCN(C(=O)C4CCc5cc(-n6cnnn6)ncc54)C[C@@H]3CO2)c1C. The average molecular weight is 471 g/mol. The van der Waals surface area contributed by atoms with Crippen molar-refractivity contribution in [3.63, 3.8) is 0 Å². The molecule has 1 unspecified atom stereocenters. The molecule has 2 saturated heterocycles. The van der Waals surface area contributed by atoms with Crippen LogP contribution in [-0.4, -0.2) is 79.7 Å². The van der Waals surface area contributed by atoms with Crippen LogP contribution in [0.5, 0.6) is 0 Å². The van der Waals surface area contributed by atoms with E-state index in [1.54, 1.807) is 0 Å². The lowest BCUT2D eigenvalue weighted by Gasteiger charge is -2.46. The first kappa shape index (κ1) is 21.8. The highest BCUT2D eigenvalue weighted by molar-refractivity contribution is 5.85. The number of carbonyl (C=O) groups is 1. The maximum atomic E-state index is 13.5. The highest BCUT2D eigenvalue weighted by Gasteiger charge is 2.39. The summed E-state index contributed by atoms with van der Waals surface area (Å²) in [7, 11) is 0. The van der Waals surface area contributed by atoms with Crippen LogP contribution in [0.1, 0.15) is 40.7 Å². The van der Waals surface area contributed by atoms with Crippen molar-refractivity contribution >= 4 is 11.6 Å². The number of carbonyl (C=O) groups excluding carboxylic acids is 1. The number of morpholine rings is 1. The molecule has 2 aliphatic heterocycles. The van der Waals surface area contributed by atoms with Gasteiger partial charge in [-0.1, -0.05) is 18.2 Å². The summed E-state index contributed by atoms with van der Waals surface area (Å²) >= 11 is 0. The number of ether oxygens (including phenoxy) is 1. The summed E-state index contributed by atoms with van der Waals surface area (Å²) < 4.78 is 7.79. The lowest BCUT2D eigenvalue weighted by atomic mass is 9.97. The Labute approximate surface area is 203 Å². The van der Waals surface area contributed by atoms with E-state index < -0.39 is 0 Å². The third-order valence-corrected chi connectivity index (χ3v) is 7.59. The van der Waals surface area contributed by atoms with Crippen LogP contribution in [0.3, 0.4) is 0 Å². The topological polar surface area (TPSA) is 93.6 Å². The van der Waals surface area contributed by atoms with Crippen molar-refractivity contribution in [2.24, 2.45) is 0 Å². The normalized spacial score (nSPS) is 24.0. The van der Waals surface area contributed by atoms with Gasteiger partial charge in [0.05, 0.1) is 31.2 Å². The summed E-state index contributed by atoms with van der Waals surface area (Å²) in [4.78, 5) is 26.1. The van der Waals surface area contributed by atoms with E-state index in [0.29, 0.717) is 31.2 Å². The minimum atomic E-state index is -0.150. The molecule has 0 spiro atoms. The number of amides is 1. The van der Waals surface area contributed by atoms with E-state index in [0.717, 1.165) is 48.2 Å². The van der Waals surface area contributed by atoms with Crippen molar-refractivity contribution in [3.8, 4) is 5.82 Å². The Bertz CT molecular complexity index is 1300. The van der Waals surface area contributed by atoms with Crippen LogP contribution in [0.15, 0.2) is 36.8 Å². The fourth-order valence-electron chi connectivity index (χ4n) is 5.63. The molecule has 2 aromatic heterocycles. The number of tetrazole rings is 1. The van der Waals surface area contributed by atoms with Gasteiger partial charge in [0.25, 0.3) is 0 Å². The summed E-state index contributed by atoms with van der Waals surface area (Å²) in [5, 5.41) is 11.2. The molecule has 178 valence electrons. The predicted octanol–water partition coefficient (Wildman–Crippen LogP) is 2.23. The number of nitrogens with zero attached hydrogens (tertiary/aromatic N) is 8. The molecule has 6 rings (SSSR count). The first-order valence-corrected chi connectivity index (χ1v) is 12.0. The molecule has 0 radical (unpaired) electrons. The molecule has 0 bridgehead atoms. The Morgan fingerprint density at radius 3 is 2.97 bits per heavy atom. The third-order valence-electron chi connectivity index (χ3n) is 7.59. The minimum Gasteiger partial charge on any atom is -0.371 e. The highest BCUT2D eigenvalue weighted by atomic mass is 16.5. The lowest BCUT2D eigenvalue weighted by Crippen LogP contribution is -2.60. The van der Waals surface area contributed by atoms with Gasteiger partial charge in [0, 0.05) is 32.4 Å². The molecule has 2 fully saturated rings. The molecule has 1 aromatic carbocycles. The predicted molar refractivity (Wildman–Crippen MR) is 126 cm³/mol. The second-order valence-corrected chi connectivity index (χ2v) is 9.45. The van der Waals surface area contributed by atoms with Crippen LogP contribution in [-0.2, 0) is 16.0 Å². The van der Waals surface area contributed by atoms with Crippen molar-refractivity contribution in [1.82, 2.24) is 35.0 Å². The first-order chi connectivity index (χ1) is 17.1. The Morgan fingerprint density at radius 1 is 1.23 bits per heavy atom. The van der Waals surface area contributed by atoms with Gasteiger partial charge in [0.1, 0.15) is 6.33 Å². The van der Waals surface area contributed by atoms with Crippen molar-refractivity contribution in [2.45, 2.75) is 37.8 Å². The van der Waals surface area contributed by atoms with Crippen LogP contribution >= 0.6 is 0 Å². The Morgan fingerprint density at radius 2 is 2.14 bits per heavy atom. The van der Waals surface area contributed by atoms with Crippen molar-refractivity contribution in [1.29, 1.82) is 0 Å². The first-order valence-electron chi connectivity index (χ1n) is 12.0. The molecule has 3 aromatic rings. The molecule has 3 aliphatic rings. The van der Waals surface area contributed by atoms with Crippen molar-refractivity contribution in [3.05, 3.63) is 70.5 Å². The van der Waals surface area contributed by atoms with E-state index in [9.17, 15) is 4.79 Å². The number of rotatable bonds is 3. The van der Waals surface area contributed by atoms with Crippen molar-refractivity contribution < 1.29 is 9.53 Å². The van der Waals surface area contributed by atoms with Gasteiger partial charge in [0.2, 0.25) is 5.91 Å².